The summed E-state index contributed by atoms with van der Waals surface area (Å²) in [4.78, 5) is 36.0. The Balaban J connectivity index is 2.00. The number of aliphatic carboxylic acids is 1. The van der Waals surface area contributed by atoms with E-state index in [1.165, 1.54) is 0 Å². The van der Waals surface area contributed by atoms with Crippen molar-refractivity contribution < 1.29 is 23.5 Å². The normalized spacial score (nSPS) is 12.6. The van der Waals surface area contributed by atoms with Gasteiger partial charge in [-0.25, -0.2) is 9.59 Å². The summed E-state index contributed by atoms with van der Waals surface area (Å²) in [6.07, 6.45) is 1.38. The first-order valence-electron chi connectivity index (χ1n) is 8.65. The van der Waals surface area contributed by atoms with Gasteiger partial charge in [-0.15, -0.1) is 0 Å². The molecule has 142 valence electrons. The van der Waals surface area contributed by atoms with E-state index in [1.807, 2.05) is 13.0 Å². The highest BCUT2D eigenvalue weighted by atomic mass is 16.4. The number of carbonyl (C=O) groups is 2. The van der Waals surface area contributed by atoms with Gasteiger partial charge in [0, 0.05) is 16.8 Å². The molecule has 27 heavy (non-hydrogen) atoms. The minimum absolute atomic E-state index is 0.216. The van der Waals surface area contributed by atoms with E-state index in [4.69, 9.17) is 8.83 Å². The summed E-state index contributed by atoms with van der Waals surface area (Å²) >= 11 is 0. The summed E-state index contributed by atoms with van der Waals surface area (Å²) < 4.78 is 10.8. The number of carboxylic acid groups (broad SMARTS) is 1. The average molecular weight is 371 g/mol. The minimum atomic E-state index is -1.11. The number of carboxylic acids is 1. The number of amides is 1. The Morgan fingerprint density at radius 3 is 2.48 bits per heavy atom. The number of hydrogen-bond donors (Lipinski definition) is 2. The van der Waals surface area contributed by atoms with Gasteiger partial charge in [-0.3, -0.25) is 4.79 Å². The van der Waals surface area contributed by atoms with Crippen LogP contribution in [0.1, 0.15) is 30.5 Å². The lowest BCUT2D eigenvalue weighted by Crippen LogP contribution is -2.45. The second-order valence-electron chi connectivity index (χ2n) is 7.06. The summed E-state index contributed by atoms with van der Waals surface area (Å²) in [6, 6.07) is 2.52. The van der Waals surface area contributed by atoms with E-state index in [0.29, 0.717) is 22.1 Å². The molecule has 2 heterocycles. The summed E-state index contributed by atoms with van der Waals surface area (Å²) in [6.45, 7) is 7.07. The fourth-order valence-electron chi connectivity index (χ4n) is 3.14. The monoisotopic (exact) mass is 371 g/mol. The molecule has 0 spiro atoms. The van der Waals surface area contributed by atoms with E-state index in [1.54, 1.807) is 33.1 Å². The number of nitrogens with one attached hydrogen (secondary N) is 1. The van der Waals surface area contributed by atoms with Crippen LogP contribution in [0.3, 0.4) is 0 Å². The molecular formula is C20H21NO6. The van der Waals surface area contributed by atoms with Gasteiger partial charge in [-0.1, -0.05) is 13.8 Å². The zero-order valence-corrected chi connectivity index (χ0v) is 15.6. The van der Waals surface area contributed by atoms with E-state index in [-0.39, 0.29) is 17.9 Å². The van der Waals surface area contributed by atoms with Crippen molar-refractivity contribution in [2.75, 3.05) is 0 Å². The highest BCUT2D eigenvalue weighted by molar-refractivity contribution is 5.96. The Hall–Kier alpha value is -3.09. The lowest BCUT2D eigenvalue weighted by atomic mass is 10.0. The van der Waals surface area contributed by atoms with Gasteiger partial charge in [0.1, 0.15) is 17.2 Å². The van der Waals surface area contributed by atoms with Crippen LogP contribution in [0, 0.1) is 19.8 Å². The molecule has 0 fully saturated rings. The lowest BCUT2D eigenvalue weighted by Gasteiger charge is -2.18. The molecule has 1 amide bonds. The number of carbonyl (C=O) groups excluding carboxylic acids is 1. The number of aryl methyl sites for hydroxylation is 2. The minimum Gasteiger partial charge on any atom is -0.480 e. The summed E-state index contributed by atoms with van der Waals surface area (Å²) in [5.41, 5.74) is 2.19. The third kappa shape index (κ3) is 3.45. The maximum atomic E-state index is 12.4. The molecular weight excluding hydrogens is 350 g/mol. The van der Waals surface area contributed by atoms with E-state index in [2.05, 4.69) is 5.32 Å². The topological polar surface area (TPSA) is 110 Å². The number of fused-ring (bicyclic) bond motifs is 2. The molecule has 2 aromatic heterocycles. The molecule has 0 saturated carbocycles. The Kier molecular flexibility index (Phi) is 4.78. The molecule has 0 aliphatic rings. The number of furan rings is 1. The Morgan fingerprint density at radius 1 is 1.15 bits per heavy atom. The third-order valence-electron chi connectivity index (χ3n) is 4.76. The molecule has 1 unspecified atom stereocenters. The molecule has 0 radical (unpaired) electrons. The molecule has 3 rings (SSSR count). The largest absolute Gasteiger partial charge is 0.480 e. The SMILES string of the molecule is Cc1coc2cc3oc(=O)c(CC(=O)NC(C(=O)O)C(C)C)c(C)c3cc12. The first kappa shape index (κ1) is 18.7. The first-order valence-corrected chi connectivity index (χ1v) is 8.65. The van der Waals surface area contributed by atoms with Crippen molar-refractivity contribution in [3.05, 3.63) is 45.5 Å². The van der Waals surface area contributed by atoms with Gasteiger partial charge >= 0.3 is 11.6 Å². The predicted octanol–water partition coefficient (Wildman–Crippen LogP) is 2.92. The maximum absolute atomic E-state index is 12.4. The second kappa shape index (κ2) is 6.90. The number of rotatable bonds is 5. The quantitative estimate of drug-likeness (QED) is 0.667. The first-order chi connectivity index (χ1) is 12.7. The lowest BCUT2D eigenvalue weighted by molar-refractivity contribution is -0.143. The molecule has 2 N–H and O–H groups in total. The zero-order chi connectivity index (χ0) is 19.9. The van der Waals surface area contributed by atoms with E-state index >= 15 is 0 Å². The maximum Gasteiger partial charge on any atom is 0.340 e. The van der Waals surface area contributed by atoms with Gasteiger partial charge in [0.15, 0.2) is 0 Å². The molecule has 1 aromatic carbocycles. The van der Waals surface area contributed by atoms with Crippen molar-refractivity contribution in [2.24, 2.45) is 5.92 Å². The van der Waals surface area contributed by atoms with Gasteiger partial charge in [-0.05, 0) is 37.0 Å². The highest BCUT2D eigenvalue weighted by Gasteiger charge is 2.24. The van der Waals surface area contributed by atoms with Crippen molar-refractivity contribution in [2.45, 2.75) is 40.2 Å². The van der Waals surface area contributed by atoms with Crippen LogP contribution < -0.4 is 10.9 Å². The van der Waals surface area contributed by atoms with Crippen LogP contribution in [0.25, 0.3) is 21.9 Å². The van der Waals surface area contributed by atoms with Crippen LogP contribution >= 0.6 is 0 Å². The van der Waals surface area contributed by atoms with Gasteiger partial charge in [-0.2, -0.15) is 0 Å². The van der Waals surface area contributed by atoms with Crippen molar-refractivity contribution in [3.63, 3.8) is 0 Å². The fourth-order valence-corrected chi connectivity index (χ4v) is 3.14. The highest BCUT2D eigenvalue weighted by Crippen LogP contribution is 2.28. The predicted molar refractivity (Wildman–Crippen MR) is 99.8 cm³/mol. The zero-order valence-electron chi connectivity index (χ0n) is 15.6. The molecule has 0 saturated heterocycles. The van der Waals surface area contributed by atoms with Crippen LogP contribution in [0.4, 0.5) is 0 Å². The van der Waals surface area contributed by atoms with Gasteiger partial charge < -0.3 is 19.3 Å². The summed E-state index contributed by atoms with van der Waals surface area (Å²) in [7, 11) is 0. The third-order valence-corrected chi connectivity index (χ3v) is 4.76. The van der Waals surface area contributed by atoms with Crippen LogP contribution in [-0.4, -0.2) is 23.0 Å². The summed E-state index contributed by atoms with van der Waals surface area (Å²) in [5.74, 6) is -1.93. The van der Waals surface area contributed by atoms with Crippen molar-refractivity contribution in [1.29, 1.82) is 0 Å². The molecule has 0 aliphatic carbocycles. The Morgan fingerprint density at radius 2 is 1.85 bits per heavy atom. The Bertz CT molecular complexity index is 1110. The average Bonchev–Trinajstić information content (AvgIpc) is 2.95. The van der Waals surface area contributed by atoms with Crippen molar-refractivity contribution in [1.82, 2.24) is 5.32 Å². The second-order valence-corrected chi connectivity index (χ2v) is 7.06. The van der Waals surface area contributed by atoms with Crippen LogP contribution in [-0.2, 0) is 16.0 Å². The molecule has 0 bridgehead atoms. The standard InChI is InChI=1S/C20H21NO6/c1-9(2)18(19(23)24)21-17(22)6-14-11(4)13-5-12-10(3)8-26-15(12)7-16(13)27-20(14)25/h5,7-9,18H,6H2,1-4H3,(H,21,22)(H,23,24). The summed E-state index contributed by atoms with van der Waals surface area (Å²) in [5, 5.41) is 13.3. The molecule has 3 aromatic rings. The molecule has 1 atom stereocenters. The van der Waals surface area contributed by atoms with Crippen LogP contribution in [0.15, 0.2) is 32.0 Å². The fraction of sp³-hybridized carbons (Fsp3) is 0.350. The van der Waals surface area contributed by atoms with Crippen LogP contribution in [0.5, 0.6) is 0 Å². The Labute approximate surface area is 155 Å². The van der Waals surface area contributed by atoms with E-state index < -0.39 is 23.5 Å². The molecule has 7 heteroatoms. The van der Waals surface area contributed by atoms with Gasteiger partial charge in [0.05, 0.1) is 18.2 Å². The van der Waals surface area contributed by atoms with Crippen molar-refractivity contribution >= 4 is 33.8 Å². The smallest absolute Gasteiger partial charge is 0.340 e. The number of benzene rings is 1. The molecule has 0 aliphatic heterocycles. The van der Waals surface area contributed by atoms with Gasteiger partial charge in [0.25, 0.3) is 0 Å². The van der Waals surface area contributed by atoms with Crippen molar-refractivity contribution in [3.8, 4) is 0 Å². The van der Waals surface area contributed by atoms with Gasteiger partial charge in [0.2, 0.25) is 5.91 Å². The molecule has 7 nitrogen and oxygen atoms in total. The van der Waals surface area contributed by atoms with E-state index in [9.17, 15) is 19.5 Å². The van der Waals surface area contributed by atoms with Crippen LogP contribution in [0.2, 0.25) is 0 Å². The van der Waals surface area contributed by atoms with E-state index in [0.717, 1.165) is 10.9 Å². The number of hydrogen-bond acceptors (Lipinski definition) is 5.